The van der Waals surface area contributed by atoms with Crippen LogP contribution >= 0.6 is 11.6 Å². The molecule has 1 amide bonds. The first-order valence-corrected chi connectivity index (χ1v) is 8.81. The van der Waals surface area contributed by atoms with Crippen LogP contribution in [0.3, 0.4) is 0 Å². The van der Waals surface area contributed by atoms with Gasteiger partial charge in [-0.1, -0.05) is 17.7 Å². The predicted molar refractivity (Wildman–Crippen MR) is 87.8 cm³/mol. The molecule has 0 saturated carbocycles. The van der Waals surface area contributed by atoms with Crippen LogP contribution in [0.4, 0.5) is 18.9 Å². The first kappa shape index (κ1) is 19.1. The maximum absolute atomic E-state index is 12.5. The lowest BCUT2D eigenvalue weighted by Gasteiger charge is -2.11. The van der Waals surface area contributed by atoms with Gasteiger partial charge in [-0.25, -0.2) is 13.1 Å². The number of hydrogen-bond acceptors (Lipinski definition) is 4. The highest BCUT2D eigenvalue weighted by atomic mass is 35.5. The fourth-order valence-electron chi connectivity index (χ4n) is 1.82. The lowest BCUT2D eigenvalue weighted by molar-refractivity contribution is -0.137. The molecule has 2 rings (SSSR count). The third kappa shape index (κ3) is 5.64. The van der Waals surface area contributed by atoms with E-state index < -0.39 is 33.5 Å². The Morgan fingerprint density at radius 2 is 1.72 bits per heavy atom. The molecule has 25 heavy (non-hydrogen) atoms. The molecule has 0 bridgehead atoms. The fraction of sp³-hybridized carbons (Fsp3) is 0.133. The SMILES string of the molecule is O=C(NS(=O)(=O)CNc1ccc(C(F)(F)F)cc1)c1cccc(Cl)c1. The highest BCUT2D eigenvalue weighted by Crippen LogP contribution is 2.29. The Labute approximate surface area is 146 Å². The van der Waals surface area contributed by atoms with Gasteiger partial charge in [0.2, 0.25) is 0 Å². The summed E-state index contributed by atoms with van der Waals surface area (Å²) in [6.07, 6.45) is -4.48. The molecule has 10 heteroatoms. The van der Waals surface area contributed by atoms with Crippen LogP contribution < -0.4 is 10.0 Å². The number of carbonyl (C=O) groups excluding carboxylic acids is 1. The number of rotatable bonds is 5. The maximum Gasteiger partial charge on any atom is 0.416 e. The molecule has 0 aromatic heterocycles. The number of amides is 1. The van der Waals surface area contributed by atoms with Crippen molar-refractivity contribution in [3.8, 4) is 0 Å². The van der Waals surface area contributed by atoms with Gasteiger partial charge in [0.15, 0.2) is 0 Å². The van der Waals surface area contributed by atoms with Gasteiger partial charge in [-0.3, -0.25) is 4.79 Å². The first-order valence-electron chi connectivity index (χ1n) is 6.78. The topological polar surface area (TPSA) is 75.3 Å². The van der Waals surface area contributed by atoms with Gasteiger partial charge < -0.3 is 5.32 Å². The van der Waals surface area contributed by atoms with E-state index in [-0.39, 0.29) is 16.3 Å². The summed E-state index contributed by atoms with van der Waals surface area (Å²) in [4.78, 5) is 11.9. The highest BCUT2D eigenvalue weighted by molar-refractivity contribution is 7.90. The van der Waals surface area contributed by atoms with E-state index >= 15 is 0 Å². The monoisotopic (exact) mass is 392 g/mol. The van der Waals surface area contributed by atoms with Crippen molar-refractivity contribution < 1.29 is 26.4 Å². The van der Waals surface area contributed by atoms with Gasteiger partial charge in [0.25, 0.3) is 15.9 Å². The third-order valence-electron chi connectivity index (χ3n) is 3.01. The van der Waals surface area contributed by atoms with Crippen molar-refractivity contribution in [2.75, 3.05) is 11.2 Å². The van der Waals surface area contributed by atoms with Gasteiger partial charge >= 0.3 is 6.18 Å². The number of alkyl halides is 3. The summed E-state index contributed by atoms with van der Waals surface area (Å²) in [6, 6.07) is 9.53. The van der Waals surface area contributed by atoms with Crippen molar-refractivity contribution >= 4 is 33.2 Å². The van der Waals surface area contributed by atoms with Crippen LogP contribution in [-0.2, 0) is 16.2 Å². The second-order valence-corrected chi connectivity index (χ2v) is 7.11. The zero-order chi connectivity index (χ0) is 18.7. The molecule has 0 saturated heterocycles. The summed E-state index contributed by atoms with van der Waals surface area (Å²) in [5.74, 6) is -1.55. The molecule has 2 aromatic carbocycles. The van der Waals surface area contributed by atoms with E-state index in [1.54, 1.807) is 0 Å². The Bertz CT molecular complexity index is 868. The van der Waals surface area contributed by atoms with E-state index in [2.05, 4.69) is 5.32 Å². The smallest absolute Gasteiger partial charge is 0.370 e. The highest BCUT2D eigenvalue weighted by Gasteiger charge is 2.30. The molecule has 134 valence electrons. The summed E-state index contributed by atoms with van der Waals surface area (Å²) in [6.45, 7) is 0. The van der Waals surface area contributed by atoms with Gasteiger partial charge in [0, 0.05) is 16.3 Å². The van der Waals surface area contributed by atoms with E-state index in [1.807, 2.05) is 4.72 Å². The lowest BCUT2D eigenvalue weighted by atomic mass is 10.2. The second-order valence-electron chi connectivity index (χ2n) is 4.95. The largest absolute Gasteiger partial charge is 0.416 e. The summed E-state index contributed by atoms with van der Waals surface area (Å²) >= 11 is 5.72. The molecule has 0 atom stereocenters. The zero-order valence-corrected chi connectivity index (χ0v) is 14.0. The zero-order valence-electron chi connectivity index (χ0n) is 12.5. The molecule has 2 N–H and O–H groups in total. The molecular weight excluding hydrogens is 381 g/mol. The second kappa shape index (κ2) is 7.32. The predicted octanol–water partition coefficient (Wildman–Crippen LogP) is 3.49. The third-order valence-corrected chi connectivity index (χ3v) is 4.27. The van der Waals surface area contributed by atoms with Crippen LogP contribution in [0.2, 0.25) is 5.02 Å². The van der Waals surface area contributed by atoms with E-state index in [0.29, 0.717) is 0 Å². The van der Waals surface area contributed by atoms with Gasteiger partial charge in [0.05, 0.1) is 5.56 Å². The van der Waals surface area contributed by atoms with E-state index in [4.69, 9.17) is 11.6 Å². The molecule has 0 heterocycles. The summed E-state index contributed by atoms with van der Waals surface area (Å²) in [5.41, 5.74) is -0.630. The molecule has 0 unspecified atom stereocenters. The summed E-state index contributed by atoms with van der Waals surface area (Å²) in [7, 11) is -4.05. The molecular formula is C15H12ClF3N2O3S. The van der Waals surface area contributed by atoms with Crippen LogP contribution in [0.25, 0.3) is 0 Å². The minimum absolute atomic E-state index is 0.0607. The van der Waals surface area contributed by atoms with Crippen molar-refractivity contribution in [3.63, 3.8) is 0 Å². The minimum atomic E-state index is -4.48. The Balaban J connectivity index is 1.98. The Morgan fingerprint density at radius 3 is 2.28 bits per heavy atom. The molecule has 0 aliphatic heterocycles. The molecule has 0 radical (unpaired) electrons. The number of benzene rings is 2. The standard InChI is InChI=1S/C15H12ClF3N2O3S/c16-12-3-1-2-10(8-12)14(22)21-25(23,24)9-20-13-6-4-11(5-7-13)15(17,18)19/h1-8,20H,9H2,(H,21,22). The van der Waals surface area contributed by atoms with Gasteiger partial charge in [-0.2, -0.15) is 13.2 Å². The van der Waals surface area contributed by atoms with Crippen LogP contribution in [0, 0.1) is 0 Å². The van der Waals surface area contributed by atoms with Crippen molar-refractivity contribution in [1.29, 1.82) is 0 Å². The minimum Gasteiger partial charge on any atom is -0.370 e. The van der Waals surface area contributed by atoms with Gasteiger partial charge in [-0.15, -0.1) is 0 Å². The maximum atomic E-state index is 12.5. The van der Waals surface area contributed by atoms with Crippen LogP contribution in [-0.4, -0.2) is 20.2 Å². The van der Waals surface area contributed by atoms with Crippen LogP contribution in [0.15, 0.2) is 48.5 Å². The number of nitrogens with one attached hydrogen (secondary N) is 2. The number of hydrogen-bond donors (Lipinski definition) is 2. The first-order chi connectivity index (χ1) is 11.6. The van der Waals surface area contributed by atoms with Crippen molar-refractivity contribution in [2.45, 2.75) is 6.18 Å². The van der Waals surface area contributed by atoms with Gasteiger partial charge in [-0.05, 0) is 42.5 Å². The van der Waals surface area contributed by atoms with Gasteiger partial charge in [0.1, 0.15) is 5.88 Å². The Morgan fingerprint density at radius 1 is 1.08 bits per heavy atom. The average molecular weight is 393 g/mol. The lowest BCUT2D eigenvalue weighted by Crippen LogP contribution is -2.34. The normalized spacial score (nSPS) is 11.8. The number of anilines is 1. The van der Waals surface area contributed by atoms with E-state index in [0.717, 1.165) is 24.3 Å². The van der Waals surface area contributed by atoms with Crippen molar-refractivity contribution in [2.24, 2.45) is 0 Å². The van der Waals surface area contributed by atoms with E-state index in [1.165, 1.54) is 24.3 Å². The average Bonchev–Trinajstić information content (AvgIpc) is 2.52. The molecule has 0 spiro atoms. The molecule has 5 nitrogen and oxygen atoms in total. The van der Waals surface area contributed by atoms with Crippen LogP contribution in [0.5, 0.6) is 0 Å². The molecule has 2 aromatic rings. The molecule has 0 aliphatic rings. The molecule has 0 fully saturated rings. The fourth-order valence-corrected chi connectivity index (χ4v) is 2.84. The number of sulfonamides is 1. The van der Waals surface area contributed by atoms with E-state index in [9.17, 15) is 26.4 Å². The Hall–Kier alpha value is -2.26. The number of halogens is 4. The Kier molecular flexibility index (Phi) is 5.58. The van der Waals surface area contributed by atoms with Crippen molar-refractivity contribution in [1.82, 2.24) is 4.72 Å². The summed E-state index contributed by atoms with van der Waals surface area (Å²) < 4.78 is 63.0. The van der Waals surface area contributed by atoms with Crippen molar-refractivity contribution in [3.05, 3.63) is 64.7 Å². The summed E-state index contributed by atoms with van der Waals surface area (Å²) in [5, 5.41) is 2.71. The molecule has 0 aliphatic carbocycles. The number of carbonyl (C=O) groups is 1. The quantitative estimate of drug-likeness (QED) is 0.816. The van der Waals surface area contributed by atoms with Crippen LogP contribution in [0.1, 0.15) is 15.9 Å².